The fraction of sp³-hybridized carbons (Fsp3) is 0.882. The third-order valence-electron chi connectivity index (χ3n) is 4.30. The van der Waals surface area contributed by atoms with Crippen LogP contribution >= 0.6 is 0 Å². The van der Waals surface area contributed by atoms with Crippen molar-refractivity contribution in [1.82, 2.24) is 14.8 Å². The second kappa shape index (κ2) is 9.15. The number of unbranched alkanes of at least 4 members (excludes halogenated alkanes) is 6. The summed E-state index contributed by atoms with van der Waals surface area (Å²) in [4.78, 5) is 4.54. The quantitative estimate of drug-likeness (QED) is 0.533. The molecule has 0 saturated heterocycles. The van der Waals surface area contributed by atoms with Crippen molar-refractivity contribution in [2.75, 3.05) is 0 Å². The maximum absolute atomic E-state index is 4.59. The van der Waals surface area contributed by atoms with Crippen LogP contribution in [0.3, 0.4) is 0 Å². The average molecular weight is 279 g/mol. The van der Waals surface area contributed by atoms with Crippen LogP contribution in [-0.2, 0) is 12.5 Å². The highest BCUT2D eigenvalue weighted by atomic mass is 15.3. The van der Waals surface area contributed by atoms with E-state index >= 15 is 0 Å². The van der Waals surface area contributed by atoms with Gasteiger partial charge in [0.15, 0.2) is 5.82 Å². The molecule has 0 N–H and O–H groups in total. The van der Waals surface area contributed by atoms with E-state index < -0.39 is 0 Å². The minimum absolute atomic E-state index is 0.169. The van der Waals surface area contributed by atoms with Crippen molar-refractivity contribution in [3.8, 4) is 0 Å². The van der Waals surface area contributed by atoms with E-state index in [-0.39, 0.29) is 5.41 Å². The summed E-state index contributed by atoms with van der Waals surface area (Å²) < 4.78 is 1.84. The van der Waals surface area contributed by atoms with Gasteiger partial charge in [0.1, 0.15) is 6.33 Å². The highest BCUT2D eigenvalue weighted by molar-refractivity contribution is 5.04. The highest BCUT2D eigenvalue weighted by Crippen LogP contribution is 2.33. The molecule has 0 spiro atoms. The third kappa shape index (κ3) is 5.64. The van der Waals surface area contributed by atoms with E-state index in [9.17, 15) is 0 Å². The molecule has 1 rings (SSSR count). The van der Waals surface area contributed by atoms with Gasteiger partial charge in [0.05, 0.1) is 0 Å². The molecule has 0 aliphatic rings. The largest absolute Gasteiger partial charge is 0.256 e. The first kappa shape index (κ1) is 17.2. The van der Waals surface area contributed by atoms with E-state index in [1.807, 2.05) is 18.1 Å². The lowest BCUT2D eigenvalue weighted by Crippen LogP contribution is -2.24. The number of nitrogens with zero attached hydrogens (tertiary/aromatic N) is 3. The van der Waals surface area contributed by atoms with Gasteiger partial charge in [-0.05, 0) is 12.8 Å². The smallest absolute Gasteiger partial charge is 0.156 e. The van der Waals surface area contributed by atoms with E-state index in [0.29, 0.717) is 0 Å². The van der Waals surface area contributed by atoms with Gasteiger partial charge in [0.25, 0.3) is 0 Å². The molecular weight excluding hydrogens is 246 g/mol. The summed E-state index contributed by atoms with van der Waals surface area (Å²) in [5.74, 6) is 1.05. The molecule has 0 amide bonds. The maximum atomic E-state index is 4.59. The first-order chi connectivity index (χ1) is 9.62. The molecule has 0 atom stereocenters. The molecule has 0 aliphatic heterocycles. The first-order valence-electron chi connectivity index (χ1n) is 8.48. The lowest BCUT2D eigenvalue weighted by atomic mass is 9.79. The predicted octanol–water partition coefficient (Wildman–Crippen LogP) is 5.01. The third-order valence-corrected chi connectivity index (χ3v) is 4.30. The van der Waals surface area contributed by atoms with Crippen molar-refractivity contribution >= 4 is 0 Å². The normalized spacial score (nSPS) is 12.0. The monoisotopic (exact) mass is 279 g/mol. The number of hydrogen-bond acceptors (Lipinski definition) is 2. The molecule has 116 valence electrons. The summed E-state index contributed by atoms with van der Waals surface area (Å²) in [6.45, 7) is 6.90. The summed E-state index contributed by atoms with van der Waals surface area (Å²) >= 11 is 0. The minimum Gasteiger partial charge on any atom is -0.256 e. The van der Waals surface area contributed by atoms with Crippen molar-refractivity contribution in [3.63, 3.8) is 0 Å². The Labute approximate surface area is 125 Å². The number of aryl methyl sites for hydroxylation is 1. The van der Waals surface area contributed by atoms with Crippen LogP contribution in [0.4, 0.5) is 0 Å². The minimum atomic E-state index is 0.169. The second-order valence-electron chi connectivity index (χ2n) is 6.42. The Kier molecular flexibility index (Phi) is 7.86. The van der Waals surface area contributed by atoms with Crippen LogP contribution in [0.15, 0.2) is 6.33 Å². The molecule has 0 unspecified atom stereocenters. The zero-order chi connectivity index (χ0) is 14.8. The Balaban J connectivity index is 2.57. The number of aromatic nitrogens is 3. The van der Waals surface area contributed by atoms with Gasteiger partial charge in [0.2, 0.25) is 0 Å². The fourth-order valence-corrected chi connectivity index (χ4v) is 2.85. The summed E-state index contributed by atoms with van der Waals surface area (Å²) in [5.41, 5.74) is 0.169. The van der Waals surface area contributed by atoms with Gasteiger partial charge in [-0.15, -0.1) is 0 Å². The highest BCUT2D eigenvalue weighted by Gasteiger charge is 2.29. The van der Waals surface area contributed by atoms with Crippen molar-refractivity contribution in [3.05, 3.63) is 12.2 Å². The van der Waals surface area contributed by atoms with Gasteiger partial charge in [0, 0.05) is 12.5 Å². The molecular formula is C17H33N3. The van der Waals surface area contributed by atoms with Crippen LogP contribution in [0.5, 0.6) is 0 Å². The molecule has 1 aromatic rings. The fourth-order valence-electron chi connectivity index (χ4n) is 2.85. The average Bonchev–Trinajstić information content (AvgIpc) is 2.87. The topological polar surface area (TPSA) is 30.7 Å². The molecule has 0 radical (unpaired) electrons. The summed E-state index contributed by atoms with van der Waals surface area (Å²) in [7, 11) is 1.96. The van der Waals surface area contributed by atoms with Crippen LogP contribution in [0.25, 0.3) is 0 Å². The SMILES string of the molecule is CCCCCCC(C)(CCCCCC)c1ncn(C)n1. The van der Waals surface area contributed by atoms with E-state index in [1.54, 1.807) is 0 Å². The molecule has 0 fully saturated rings. The molecule has 3 nitrogen and oxygen atoms in total. The van der Waals surface area contributed by atoms with Gasteiger partial charge in [-0.3, -0.25) is 4.68 Å². The van der Waals surface area contributed by atoms with E-state index in [2.05, 4.69) is 30.9 Å². The molecule has 0 saturated carbocycles. The summed E-state index contributed by atoms with van der Waals surface area (Å²) in [5, 5.41) is 4.59. The van der Waals surface area contributed by atoms with Crippen LogP contribution in [0, 0.1) is 0 Å². The molecule has 0 aromatic carbocycles. The van der Waals surface area contributed by atoms with Crippen molar-refractivity contribution in [2.24, 2.45) is 7.05 Å². The Hall–Kier alpha value is -0.860. The first-order valence-corrected chi connectivity index (χ1v) is 8.48. The second-order valence-corrected chi connectivity index (χ2v) is 6.42. The standard InChI is InChI=1S/C17H33N3/c1-5-7-9-11-13-17(3,14-12-10-8-6-2)16-18-15-20(4)19-16/h15H,5-14H2,1-4H3. The van der Waals surface area contributed by atoms with E-state index in [0.717, 1.165) is 5.82 Å². The lowest BCUT2D eigenvalue weighted by molar-refractivity contribution is 0.345. The maximum Gasteiger partial charge on any atom is 0.156 e. The lowest BCUT2D eigenvalue weighted by Gasteiger charge is -2.26. The van der Waals surface area contributed by atoms with Gasteiger partial charge in [-0.1, -0.05) is 72.1 Å². The van der Waals surface area contributed by atoms with Gasteiger partial charge >= 0.3 is 0 Å². The zero-order valence-electron chi connectivity index (χ0n) is 14.0. The molecule has 1 aromatic heterocycles. The van der Waals surface area contributed by atoms with Gasteiger partial charge in [-0.2, -0.15) is 5.10 Å². The van der Waals surface area contributed by atoms with E-state index in [1.165, 1.54) is 64.2 Å². The van der Waals surface area contributed by atoms with Crippen molar-refractivity contribution < 1.29 is 0 Å². The van der Waals surface area contributed by atoms with Gasteiger partial charge in [-0.25, -0.2) is 4.98 Å². The van der Waals surface area contributed by atoms with Crippen molar-refractivity contribution in [2.45, 2.75) is 90.4 Å². The number of rotatable bonds is 11. The zero-order valence-corrected chi connectivity index (χ0v) is 14.0. The Bertz CT molecular complexity index is 345. The number of hydrogen-bond donors (Lipinski definition) is 0. The predicted molar refractivity (Wildman–Crippen MR) is 85.9 cm³/mol. The van der Waals surface area contributed by atoms with E-state index in [4.69, 9.17) is 0 Å². The molecule has 3 heteroatoms. The Morgan fingerprint density at radius 3 is 1.90 bits per heavy atom. The van der Waals surface area contributed by atoms with Gasteiger partial charge < -0.3 is 0 Å². The van der Waals surface area contributed by atoms with Crippen LogP contribution in [0.2, 0.25) is 0 Å². The Morgan fingerprint density at radius 2 is 1.50 bits per heavy atom. The Morgan fingerprint density at radius 1 is 0.950 bits per heavy atom. The molecule has 20 heavy (non-hydrogen) atoms. The van der Waals surface area contributed by atoms with Crippen LogP contribution < -0.4 is 0 Å². The summed E-state index contributed by atoms with van der Waals surface area (Å²) in [6.07, 6.45) is 14.9. The molecule has 1 heterocycles. The molecule has 0 aliphatic carbocycles. The summed E-state index contributed by atoms with van der Waals surface area (Å²) in [6, 6.07) is 0. The molecule has 0 bridgehead atoms. The van der Waals surface area contributed by atoms with Crippen LogP contribution in [-0.4, -0.2) is 14.8 Å². The van der Waals surface area contributed by atoms with Crippen molar-refractivity contribution in [1.29, 1.82) is 0 Å². The van der Waals surface area contributed by atoms with Crippen LogP contribution in [0.1, 0.15) is 90.8 Å².